The first-order valence-electron chi connectivity index (χ1n) is 10.0. The molecule has 0 saturated carbocycles. The number of aromatic nitrogens is 4. The van der Waals surface area contributed by atoms with Crippen molar-refractivity contribution < 1.29 is 9.47 Å². The summed E-state index contributed by atoms with van der Waals surface area (Å²) in [5.74, 6) is 1.46. The first-order valence-corrected chi connectivity index (χ1v) is 10.0. The highest BCUT2D eigenvalue weighted by Crippen LogP contribution is 2.40. The number of hydrogen-bond acceptors (Lipinski definition) is 7. The van der Waals surface area contributed by atoms with E-state index in [1.54, 1.807) is 31.0 Å². The van der Waals surface area contributed by atoms with Gasteiger partial charge in [0.15, 0.2) is 0 Å². The minimum absolute atomic E-state index is 0.0859. The molecule has 0 radical (unpaired) electrons. The van der Waals surface area contributed by atoms with Gasteiger partial charge in [0.2, 0.25) is 5.95 Å². The molecule has 0 unspecified atom stereocenters. The van der Waals surface area contributed by atoms with Crippen LogP contribution in [0.15, 0.2) is 47.7 Å². The Kier molecular flexibility index (Phi) is 4.71. The molecule has 3 aromatic rings. The number of hydrogen-bond donors (Lipinski definition) is 0. The Labute approximate surface area is 174 Å². The Bertz CT molecular complexity index is 1130. The van der Waals surface area contributed by atoms with Crippen LogP contribution in [0.4, 0.5) is 5.95 Å². The normalized spacial score (nSPS) is 20.4. The third kappa shape index (κ3) is 3.13. The summed E-state index contributed by atoms with van der Waals surface area (Å²) < 4.78 is 13.2. The third-order valence-electron chi connectivity index (χ3n) is 5.96. The van der Waals surface area contributed by atoms with Crippen LogP contribution in [0.5, 0.6) is 5.75 Å². The maximum atomic E-state index is 12.7. The Hall–Kier alpha value is -3.26. The molecule has 2 aliphatic rings. The minimum Gasteiger partial charge on any atom is -0.497 e. The van der Waals surface area contributed by atoms with Gasteiger partial charge < -0.3 is 14.4 Å². The van der Waals surface area contributed by atoms with Gasteiger partial charge in [-0.1, -0.05) is 6.07 Å². The molecule has 1 saturated heterocycles. The van der Waals surface area contributed by atoms with Crippen molar-refractivity contribution in [3.05, 3.63) is 64.3 Å². The monoisotopic (exact) mass is 405 g/mol. The standard InChI is InChI=1S/C22H23N5O3/c1-26-20(28)12-18(17-7-8-23-13-24-17)25-22(26)27-9-10-30-21-16-11-15(29-2)5-3-14(16)4-6-19(21)27/h3,5,7-8,11-13,19,21H,4,6,9-10H2,1-2H3/t19-,21+/m1/s1. The van der Waals surface area contributed by atoms with E-state index in [2.05, 4.69) is 27.0 Å². The van der Waals surface area contributed by atoms with Gasteiger partial charge in [0, 0.05) is 25.9 Å². The number of benzene rings is 1. The lowest BCUT2D eigenvalue weighted by atomic mass is 9.84. The van der Waals surface area contributed by atoms with E-state index in [4.69, 9.17) is 14.5 Å². The molecule has 5 rings (SSSR count). The SMILES string of the molecule is COc1ccc2c(c1)[C@@H]1OCCN(c3nc(-c4ccncn4)cc(=O)n3C)[C@@H]1CC2. The molecule has 2 aromatic heterocycles. The smallest absolute Gasteiger partial charge is 0.255 e. The van der Waals surface area contributed by atoms with Gasteiger partial charge in [-0.25, -0.2) is 15.0 Å². The molecule has 1 aliphatic heterocycles. The molecule has 3 heterocycles. The highest BCUT2D eigenvalue weighted by atomic mass is 16.5. The lowest BCUT2D eigenvalue weighted by molar-refractivity contribution is 0.00164. The predicted octanol–water partition coefficient (Wildman–Crippen LogP) is 2.14. The molecule has 8 heteroatoms. The van der Waals surface area contributed by atoms with Gasteiger partial charge in [0.1, 0.15) is 18.2 Å². The maximum Gasteiger partial charge on any atom is 0.255 e. The lowest BCUT2D eigenvalue weighted by Gasteiger charge is -2.45. The molecule has 1 fully saturated rings. The number of aryl methyl sites for hydroxylation is 1. The molecule has 1 aromatic carbocycles. The summed E-state index contributed by atoms with van der Waals surface area (Å²) in [5, 5.41) is 0. The first-order chi connectivity index (χ1) is 14.7. The van der Waals surface area contributed by atoms with Crippen LogP contribution in [0, 0.1) is 0 Å². The summed E-state index contributed by atoms with van der Waals surface area (Å²) in [4.78, 5) is 28.0. The molecule has 8 nitrogen and oxygen atoms in total. The van der Waals surface area contributed by atoms with E-state index in [9.17, 15) is 4.79 Å². The van der Waals surface area contributed by atoms with Gasteiger partial charge in [-0.3, -0.25) is 9.36 Å². The number of anilines is 1. The largest absolute Gasteiger partial charge is 0.497 e. The Morgan fingerprint density at radius 1 is 1.20 bits per heavy atom. The second-order valence-corrected chi connectivity index (χ2v) is 7.59. The summed E-state index contributed by atoms with van der Waals surface area (Å²) in [6.45, 7) is 1.24. The van der Waals surface area contributed by atoms with E-state index in [1.165, 1.54) is 18.0 Å². The maximum absolute atomic E-state index is 12.7. The van der Waals surface area contributed by atoms with Gasteiger partial charge in [-0.15, -0.1) is 0 Å². The zero-order valence-corrected chi connectivity index (χ0v) is 17.0. The van der Waals surface area contributed by atoms with E-state index in [-0.39, 0.29) is 17.7 Å². The van der Waals surface area contributed by atoms with E-state index < -0.39 is 0 Å². The minimum atomic E-state index is -0.116. The van der Waals surface area contributed by atoms with Gasteiger partial charge in [0.25, 0.3) is 5.56 Å². The highest BCUT2D eigenvalue weighted by Gasteiger charge is 2.39. The number of fused-ring (bicyclic) bond motifs is 3. The van der Waals surface area contributed by atoms with Crippen molar-refractivity contribution in [2.75, 3.05) is 25.2 Å². The summed E-state index contributed by atoms with van der Waals surface area (Å²) in [6, 6.07) is 9.56. The van der Waals surface area contributed by atoms with Crippen LogP contribution in [0.1, 0.15) is 23.7 Å². The summed E-state index contributed by atoms with van der Waals surface area (Å²) in [5.41, 5.74) is 3.51. The molecule has 0 spiro atoms. The van der Waals surface area contributed by atoms with Crippen molar-refractivity contribution in [1.29, 1.82) is 0 Å². The Morgan fingerprint density at radius 2 is 2.10 bits per heavy atom. The van der Waals surface area contributed by atoms with Gasteiger partial charge >= 0.3 is 0 Å². The first kappa shape index (κ1) is 18.7. The molecule has 0 N–H and O–H groups in total. The van der Waals surface area contributed by atoms with Crippen molar-refractivity contribution in [2.24, 2.45) is 7.05 Å². The second kappa shape index (κ2) is 7.53. The average Bonchev–Trinajstić information content (AvgIpc) is 2.80. The van der Waals surface area contributed by atoms with Crippen molar-refractivity contribution in [1.82, 2.24) is 19.5 Å². The fourth-order valence-corrected chi connectivity index (χ4v) is 4.42. The zero-order valence-electron chi connectivity index (χ0n) is 17.0. The van der Waals surface area contributed by atoms with Crippen LogP contribution in [-0.4, -0.2) is 45.8 Å². The number of ether oxygens (including phenoxy) is 2. The van der Waals surface area contributed by atoms with Crippen LogP contribution >= 0.6 is 0 Å². The molecule has 1 aliphatic carbocycles. The fraction of sp³-hybridized carbons (Fsp3) is 0.364. The van der Waals surface area contributed by atoms with E-state index in [1.807, 2.05) is 6.07 Å². The number of rotatable bonds is 3. The van der Waals surface area contributed by atoms with Crippen LogP contribution in [-0.2, 0) is 18.2 Å². The second-order valence-electron chi connectivity index (χ2n) is 7.59. The summed E-state index contributed by atoms with van der Waals surface area (Å²) in [7, 11) is 3.44. The van der Waals surface area contributed by atoms with E-state index >= 15 is 0 Å². The molecule has 2 atom stereocenters. The molecule has 154 valence electrons. The van der Waals surface area contributed by atoms with Crippen LogP contribution in [0.3, 0.4) is 0 Å². The van der Waals surface area contributed by atoms with Crippen molar-refractivity contribution in [3.63, 3.8) is 0 Å². The third-order valence-corrected chi connectivity index (χ3v) is 5.96. The number of morpholine rings is 1. The molecule has 30 heavy (non-hydrogen) atoms. The summed E-state index contributed by atoms with van der Waals surface area (Å²) >= 11 is 0. The van der Waals surface area contributed by atoms with Gasteiger partial charge in [-0.2, -0.15) is 0 Å². The number of methoxy groups -OCH3 is 1. The average molecular weight is 405 g/mol. The van der Waals surface area contributed by atoms with Gasteiger partial charge in [-0.05, 0) is 42.2 Å². The van der Waals surface area contributed by atoms with E-state index in [0.717, 1.165) is 24.2 Å². The van der Waals surface area contributed by atoms with Crippen LogP contribution < -0.4 is 15.2 Å². The van der Waals surface area contributed by atoms with Crippen molar-refractivity contribution >= 4 is 5.95 Å². The summed E-state index contributed by atoms with van der Waals surface area (Å²) in [6.07, 6.45) is 4.90. The molecule has 0 bridgehead atoms. The molecular weight excluding hydrogens is 382 g/mol. The molecular formula is C22H23N5O3. The highest BCUT2D eigenvalue weighted by molar-refractivity contribution is 5.55. The van der Waals surface area contributed by atoms with Gasteiger partial charge in [0.05, 0.1) is 31.1 Å². The quantitative estimate of drug-likeness (QED) is 0.660. The van der Waals surface area contributed by atoms with Crippen molar-refractivity contribution in [2.45, 2.75) is 25.0 Å². The Morgan fingerprint density at radius 3 is 2.90 bits per heavy atom. The van der Waals surface area contributed by atoms with E-state index in [0.29, 0.717) is 30.5 Å². The van der Waals surface area contributed by atoms with Crippen LogP contribution in [0.2, 0.25) is 0 Å². The number of nitrogens with zero attached hydrogens (tertiary/aromatic N) is 5. The predicted molar refractivity (Wildman–Crippen MR) is 112 cm³/mol. The van der Waals surface area contributed by atoms with Crippen molar-refractivity contribution in [3.8, 4) is 17.1 Å². The lowest BCUT2D eigenvalue weighted by Crippen LogP contribution is -2.51. The fourth-order valence-electron chi connectivity index (χ4n) is 4.42. The molecule has 0 amide bonds. The Balaban J connectivity index is 1.56. The zero-order chi connectivity index (χ0) is 20.7. The topological polar surface area (TPSA) is 82.4 Å². The van der Waals surface area contributed by atoms with Crippen LogP contribution in [0.25, 0.3) is 11.4 Å².